The van der Waals surface area contributed by atoms with Crippen LogP contribution < -0.4 is 0 Å². The standard InChI is InChI=1S/C18H23N3O3S/c1-14-3-2-4-16(9-14)25(22,23)21-8-7-20-13-19-17(18(20)10-21)12-24-11-15-5-6-15/h2-4,9,13,15H,5-8,10-12H2,1H3. The van der Waals surface area contributed by atoms with Crippen LogP contribution in [0.5, 0.6) is 0 Å². The topological polar surface area (TPSA) is 64.4 Å². The van der Waals surface area contributed by atoms with Crippen molar-refractivity contribution in [3.05, 3.63) is 47.5 Å². The lowest BCUT2D eigenvalue weighted by molar-refractivity contribution is 0.108. The molecule has 6 nitrogen and oxygen atoms in total. The van der Waals surface area contributed by atoms with Crippen LogP contribution in [0.25, 0.3) is 0 Å². The molecule has 25 heavy (non-hydrogen) atoms. The molecule has 0 spiro atoms. The van der Waals surface area contributed by atoms with Crippen molar-refractivity contribution < 1.29 is 13.2 Å². The molecule has 0 atom stereocenters. The second kappa shape index (κ2) is 6.55. The number of aryl methyl sites for hydroxylation is 1. The van der Waals surface area contributed by atoms with Crippen molar-refractivity contribution in [3.8, 4) is 0 Å². The number of hydrogen-bond donors (Lipinski definition) is 0. The van der Waals surface area contributed by atoms with Crippen LogP contribution >= 0.6 is 0 Å². The predicted octanol–water partition coefficient (Wildman–Crippen LogP) is 2.32. The summed E-state index contributed by atoms with van der Waals surface area (Å²) in [5.74, 6) is 0.705. The Morgan fingerprint density at radius 2 is 2.12 bits per heavy atom. The van der Waals surface area contributed by atoms with Gasteiger partial charge in [-0.25, -0.2) is 13.4 Å². The molecule has 0 amide bonds. The molecule has 1 aromatic heterocycles. The molecule has 0 bridgehead atoms. The monoisotopic (exact) mass is 361 g/mol. The van der Waals surface area contributed by atoms with Gasteiger partial charge in [0.05, 0.1) is 35.8 Å². The SMILES string of the molecule is Cc1cccc(S(=O)(=O)N2CCn3cnc(COCC4CC4)c3C2)c1. The summed E-state index contributed by atoms with van der Waals surface area (Å²) in [7, 11) is -3.49. The second-order valence-corrected chi connectivity index (χ2v) is 8.88. The number of aromatic nitrogens is 2. The van der Waals surface area contributed by atoms with Gasteiger partial charge in [0, 0.05) is 19.7 Å². The van der Waals surface area contributed by atoms with E-state index in [4.69, 9.17) is 4.74 Å². The van der Waals surface area contributed by atoms with E-state index in [0.717, 1.165) is 23.6 Å². The third kappa shape index (κ3) is 3.49. The van der Waals surface area contributed by atoms with Crippen molar-refractivity contribution in [2.24, 2.45) is 5.92 Å². The number of sulfonamides is 1. The lowest BCUT2D eigenvalue weighted by Crippen LogP contribution is -2.38. The largest absolute Gasteiger partial charge is 0.375 e. The van der Waals surface area contributed by atoms with Crippen LogP contribution in [0, 0.1) is 12.8 Å². The Labute approximate surface area is 148 Å². The van der Waals surface area contributed by atoms with Gasteiger partial charge in [0.25, 0.3) is 0 Å². The van der Waals surface area contributed by atoms with E-state index in [0.29, 0.717) is 37.1 Å². The van der Waals surface area contributed by atoms with Gasteiger partial charge in [-0.05, 0) is 43.4 Å². The normalized spacial score (nSPS) is 18.3. The summed E-state index contributed by atoms with van der Waals surface area (Å²) in [6.07, 6.45) is 4.30. The fourth-order valence-electron chi connectivity index (χ4n) is 3.15. The molecule has 0 unspecified atom stereocenters. The molecule has 134 valence electrons. The number of benzene rings is 1. The Balaban J connectivity index is 1.52. The molecule has 0 N–H and O–H groups in total. The lowest BCUT2D eigenvalue weighted by Gasteiger charge is -2.28. The van der Waals surface area contributed by atoms with Gasteiger partial charge in [-0.15, -0.1) is 0 Å². The molecule has 0 radical (unpaired) electrons. The Morgan fingerprint density at radius 3 is 2.88 bits per heavy atom. The zero-order valence-electron chi connectivity index (χ0n) is 14.4. The molecule has 1 aliphatic heterocycles. The smallest absolute Gasteiger partial charge is 0.243 e. The van der Waals surface area contributed by atoms with E-state index >= 15 is 0 Å². The minimum atomic E-state index is -3.49. The number of hydrogen-bond acceptors (Lipinski definition) is 4. The van der Waals surface area contributed by atoms with Crippen LogP contribution in [-0.4, -0.2) is 35.4 Å². The highest BCUT2D eigenvalue weighted by Gasteiger charge is 2.30. The maximum absolute atomic E-state index is 13.0. The molecular formula is C18H23N3O3S. The fourth-order valence-corrected chi connectivity index (χ4v) is 4.64. The number of nitrogens with zero attached hydrogens (tertiary/aromatic N) is 3. The first kappa shape index (κ1) is 16.8. The number of ether oxygens (including phenoxy) is 1. The van der Waals surface area contributed by atoms with Crippen LogP contribution in [0.4, 0.5) is 0 Å². The summed E-state index contributed by atoms with van der Waals surface area (Å²) < 4.78 is 35.2. The van der Waals surface area contributed by atoms with E-state index < -0.39 is 10.0 Å². The molecule has 2 aromatic rings. The van der Waals surface area contributed by atoms with E-state index in [1.165, 1.54) is 12.8 Å². The number of rotatable bonds is 6. The zero-order valence-corrected chi connectivity index (χ0v) is 15.2. The Morgan fingerprint density at radius 1 is 1.28 bits per heavy atom. The number of imidazole rings is 1. The quantitative estimate of drug-likeness (QED) is 0.792. The van der Waals surface area contributed by atoms with Crippen LogP contribution in [0.3, 0.4) is 0 Å². The maximum atomic E-state index is 13.0. The number of fused-ring (bicyclic) bond motifs is 1. The van der Waals surface area contributed by atoms with E-state index in [1.54, 1.807) is 28.8 Å². The molecule has 2 heterocycles. The average molecular weight is 361 g/mol. The van der Waals surface area contributed by atoms with Gasteiger partial charge in [-0.1, -0.05) is 12.1 Å². The first-order valence-corrected chi connectivity index (χ1v) is 10.2. The minimum Gasteiger partial charge on any atom is -0.375 e. The molecule has 1 saturated carbocycles. The summed E-state index contributed by atoms with van der Waals surface area (Å²) in [6, 6.07) is 7.07. The van der Waals surface area contributed by atoms with Crippen LogP contribution in [0.1, 0.15) is 29.8 Å². The van der Waals surface area contributed by atoms with E-state index in [9.17, 15) is 8.42 Å². The molecule has 1 aromatic carbocycles. The summed E-state index contributed by atoms with van der Waals surface area (Å²) in [5.41, 5.74) is 2.74. The fraction of sp³-hybridized carbons (Fsp3) is 0.500. The predicted molar refractivity (Wildman–Crippen MR) is 93.4 cm³/mol. The summed E-state index contributed by atoms with van der Waals surface area (Å²) in [6.45, 7) is 4.56. The maximum Gasteiger partial charge on any atom is 0.243 e. The van der Waals surface area contributed by atoms with Crippen LogP contribution in [0.15, 0.2) is 35.5 Å². The Kier molecular flexibility index (Phi) is 4.39. The molecule has 1 fully saturated rings. The summed E-state index contributed by atoms with van der Waals surface area (Å²) in [5, 5.41) is 0. The molecule has 4 rings (SSSR count). The molecule has 2 aliphatic rings. The van der Waals surface area contributed by atoms with Crippen LogP contribution in [0.2, 0.25) is 0 Å². The Hall–Kier alpha value is -1.70. The first-order valence-electron chi connectivity index (χ1n) is 8.71. The van der Waals surface area contributed by atoms with Gasteiger partial charge < -0.3 is 9.30 Å². The minimum absolute atomic E-state index is 0.346. The van der Waals surface area contributed by atoms with Crippen molar-refractivity contribution in [3.63, 3.8) is 0 Å². The summed E-state index contributed by atoms with van der Waals surface area (Å²) in [4.78, 5) is 4.79. The van der Waals surface area contributed by atoms with Gasteiger partial charge in [0.15, 0.2) is 0 Å². The van der Waals surface area contributed by atoms with Gasteiger partial charge in [-0.2, -0.15) is 4.31 Å². The third-order valence-corrected chi connectivity index (χ3v) is 6.71. The Bertz CT molecular complexity index is 871. The van der Waals surface area contributed by atoms with Crippen molar-refractivity contribution >= 4 is 10.0 Å². The van der Waals surface area contributed by atoms with Crippen LogP contribution in [-0.2, 0) is 34.5 Å². The van der Waals surface area contributed by atoms with Gasteiger partial charge in [0.1, 0.15) is 0 Å². The lowest BCUT2D eigenvalue weighted by atomic mass is 10.2. The highest BCUT2D eigenvalue weighted by atomic mass is 32.2. The van der Waals surface area contributed by atoms with Crippen molar-refractivity contribution in [2.45, 2.75) is 44.4 Å². The molecule has 1 aliphatic carbocycles. The second-order valence-electron chi connectivity index (χ2n) is 6.94. The zero-order chi connectivity index (χ0) is 17.4. The van der Waals surface area contributed by atoms with Gasteiger partial charge in [-0.3, -0.25) is 0 Å². The van der Waals surface area contributed by atoms with Gasteiger partial charge >= 0.3 is 0 Å². The van der Waals surface area contributed by atoms with Crippen molar-refractivity contribution in [1.29, 1.82) is 0 Å². The average Bonchev–Trinajstić information content (AvgIpc) is 3.34. The summed E-state index contributed by atoms with van der Waals surface area (Å²) >= 11 is 0. The van der Waals surface area contributed by atoms with Crippen molar-refractivity contribution in [2.75, 3.05) is 13.2 Å². The highest BCUT2D eigenvalue weighted by molar-refractivity contribution is 7.89. The third-order valence-electron chi connectivity index (χ3n) is 4.87. The van der Waals surface area contributed by atoms with E-state index in [2.05, 4.69) is 4.98 Å². The van der Waals surface area contributed by atoms with E-state index in [1.807, 2.05) is 17.6 Å². The molecular weight excluding hydrogens is 338 g/mol. The molecule has 7 heteroatoms. The van der Waals surface area contributed by atoms with Gasteiger partial charge in [0.2, 0.25) is 10.0 Å². The van der Waals surface area contributed by atoms with E-state index in [-0.39, 0.29) is 0 Å². The molecule has 0 saturated heterocycles. The highest BCUT2D eigenvalue weighted by Crippen LogP contribution is 2.29. The first-order chi connectivity index (χ1) is 12.0. The van der Waals surface area contributed by atoms with Crippen molar-refractivity contribution in [1.82, 2.24) is 13.9 Å².